The highest BCUT2D eigenvalue weighted by Gasteiger charge is 2.36. The number of aryl methyl sites for hydroxylation is 1. The number of halogens is 3. The molecule has 0 saturated carbocycles. The molecule has 1 aliphatic heterocycles. The first-order valence-corrected chi connectivity index (χ1v) is 7.76. The van der Waals surface area contributed by atoms with Gasteiger partial charge in [-0.15, -0.1) is 0 Å². The van der Waals surface area contributed by atoms with Gasteiger partial charge in [-0.2, -0.15) is 13.2 Å². The molecule has 1 saturated heterocycles. The van der Waals surface area contributed by atoms with Gasteiger partial charge in [0.2, 0.25) is 5.91 Å². The van der Waals surface area contributed by atoms with Crippen molar-refractivity contribution < 1.29 is 22.5 Å². The Bertz CT molecular complexity index is 841. The predicted molar refractivity (Wildman–Crippen MR) is 80.6 cm³/mol. The van der Waals surface area contributed by atoms with Crippen molar-refractivity contribution in [3.05, 3.63) is 51.8 Å². The molecule has 0 radical (unpaired) electrons. The number of nitrogens with zero attached hydrogens (tertiary/aromatic N) is 3. The molecule has 0 aliphatic carbocycles. The number of aromatic nitrogens is 2. The maximum Gasteiger partial charge on any atom is 0.421 e. The molecule has 1 fully saturated rings. The van der Waals surface area contributed by atoms with Gasteiger partial charge in [0.25, 0.3) is 5.56 Å². The third kappa shape index (κ3) is 3.45. The normalized spacial score (nSPS) is 17.9. The van der Waals surface area contributed by atoms with Crippen molar-refractivity contribution in [2.75, 3.05) is 6.54 Å². The van der Waals surface area contributed by atoms with E-state index in [1.165, 1.54) is 11.1 Å². The molecule has 2 aromatic rings. The molecule has 3 rings (SSSR count). The topological polar surface area (TPSA) is 68.3 Å². The van der Waals surface area contributed by atoms with E-state index in [0.29, 0.717) is 30.5 Å². The van der Waals surface area contributed by atoms with Crippen LogP contribution in [-0.2, 0) is 17.5 Å². The zero-order valence-electron chi connectivity index (χ0n) is 13.4. The average molecular weight is 355 g/mol. The summed E-state index contributed by atoms with van der Waals surface area (Å²) in [5, 5.41) is 3.80. The van der Waals surface area contributed by atoms with Crippen LogP contribution in [0.15, 0.2) is 33.7 Å². The number of alkyl halides is 3. The number of carbonyl (C=O) groups is 1. The third-order valence-electron chi connectivity index (χ3n) is 4.18. The predicted octanol–water partition coefficient (Wildman–Crippen LogP) is 2.53. The molecule has 0 unspecified atom stereocenters. The summed E-state index contributed by atoms with van der Waals surface area (Å²) in [7, 11) is 0. The Hall–Kier alpha value is -2.58. The summed E-state index contributed by atoms with van der Waals surface area (Å²) >= 11 is 0. The number of likely N-dealkylation sites (tertiary alicyclic amines) is 1. The minimum absolute atomic E-state index is 0.310. The second-order valence-corrected chi connectivity index (χ2v) is 5.97. The van der Waals surface area contributed by atoms with Crippen LogP contribution in [0.3, 0.4) is 0 Å². The molecule has 6 nitrogen and oxygen atoms in total. The van der Waals surface area contributed by atoms with E-state index in [9.17, 15) is 22.8 Å². The van der Waals surface area contributed by atoms with Crippen molar-refractivity contribution in [3.8, 4) is 0 Å². The van der Waals surface area contributed by atoms with Crippen LogP contribution < -0.4 is 5.56 Å². The molecular weight excluding hydrogens is 339 g/mol. The molecule has 0 N–H and O–H groups in total. The maximum atomic E-state index is 12.8. The molecule has 0 aromatic carbocycles. The summed E-state index contributed by atoms with van der Waals surface area (Å²) in [6.45, 7) is 1.76. The van der Waals surface area contributed by atoms with Crippen LogP contribution in [0.4, 0.5) is 13.2 Å². The van der Waals surface area contributed by atoms with Gasteiger partial charge < -0.3 is 14.0 Å². The van der Waals surface area contributed by atoms with E-state index in [-0.39, 0.29) is 6.04 Å². The molecule has 25 heavy (non-hydrogen) atoms. The fraction of sp³-hybridized carbons (Fsp3) is 0.438. The van der Waals surface area contributed by atoms with Crippen molar-refractivity contribution in [1.29, 1.82) is 0 Å². The maximum absolute atomic E-state index is 12.8. The van der Waals surface area contributed by atoms with E-state index >= 15 is 0 Å². The quantitative estimate of drug-likeness (QED) is 0.848. The number of hydrogen-bond donors (Lipinski definition) is 0. The Labute approximate surface area is 140 Å². The number of hydrogen-bond acceptors (Lipinski definition) is 4. The SMILES string of the molecule is Cc1cc([C@@H]2CCCN2C(=O)Cn2cccc(C(F)(F)F)c2=O)on1. The van der Waals surface area contributed by atoms with E-state index in [4.69, 9.17) is 4.52 Å². The fourth-order valence-corrected chi connectivity index (χ4v) is 3.01. The molecule has 9 heteroatoms. The van der Waals surface area contributed by atoms with E-state index < -0.39 is 29.8 Å². The lowest BCUT2D eigenvalue weighted by Crippen LogP contribution is -2.37. The summed E-state index contributed by atoms with van der Waals surface area (Å²) in [6.07, 6.45) is -2.15. The second kappa shape index (κ2) is 6.38. The molecule has 1 aliphatic rings. The van der Waals surface area contributed by atoms with Crippen LogP contribution in [0.5, 0.6) is 0 Å². The standard InChI is InChI=1S/C16H16F3N3O3/c1-10-8-13(25-20-10)12-5-3-7-22(12)14(23)9-21-6-2-4-11(15(21)24)16(17,18)19/h2,4,6,8,12H,3,5,7,9H2,1H3/t12-/m0/s1. The lowest BCUT2D eigenvalue weighted by atomic mass is 10.1. The van der Waals surface area contributed by atoms with Gasteiger partial charge in [0, 0.05) is 18.8 Å². The average Bonchev–Trinajstić information content (AvgIpc) is 3.16. The van der Waals surface area contributed by atoms with Crippen molar-refractivity contribution in [3.63, 3.8) is 0 Å². The van der Waals surface area contributed by atoms with Crippen molar-refractivity contribution in [1.82, 2.24) is 14.6 Å². The molecule has 1 amide bonds. The minimum atomic E-state index is -4.75. The van der Waals surface area contributed by atoms with Crippen LogP contribution in [0.25, 0.3) is 0 Å². The molecule has 134 valence electrons. The van der Waals surface area contributed by atoms with Gasteiger partial charge in [0.15, 0.2) is 5.76 Å². The molecule has 1 atom stereocenters. The minimum Gasteiger partial charge on any atom is -0.359 e. The highest BCUT2D eigenvalue weighted by atomic mass is 19.4. The van der Waals surface area contributed by atoms with Crippen LogP contribution in [0, 0.1) is 6.92 Å². The Morgan fingerprint density at radius 1 is 1.44 bits per heavy atom. The van der Waals surface area contributed by atoms with Gasteiger partial charge in [-0.25, -0.2) is 0 Å². The van der Waals surface area contributed by atoms with E-state index in [2.05, 4.69) is 5.16 Å². The molecule has 2 aromatic heterocycles. The van der Waals surface area contributed by atoms with Gasteiger partial charge in [-0.1, -0.05) is 5.16 Å². The van der Waals surface area contributed by atoms with Crippen LogP contribution in [0.1, 0.15) is 35.9 Å². The van der Waals surface area contributed by atoms with Gasteiger partial charge in [0.05, 0.1) is 11.7 Å². The summed E-state index contributed by atoms with van der Waals surface area (Å²) in [5.41, 5.74) is -1.83. The Morgan fingerprint density at radius 3 is 2.84 bits per heavy atom. The van der Waals surface area contributed by atoms with Gasteiger partial charge in [-0.3, -0.25) is 9.59 Å². The molecule has 0 spiro atoms. The van der Waals surface area contributed by atoms with E-state index in [0.717, 1.165) is 17.1 Å². The summed E-state index contributed by atoms with van der Waals surface area (Å²) in [5.74, 6) is 0.109. The summed E-state index contributed by atoms with van der Waals surface area (Å²) < 4.78 is 44.5. The highest BCUT2D eigenvalue weighted by Crippen LogP contribution is 2.32. The lowest BCUT2D eigenvalue weighted by Gasteiger charge is -2.23. The van der Waals surface area contributed by atoms with Gasteiger partial charge >= 0.3 is 6.18 Å². The molecule has 0 bridgehead atoms. The second-order valence-electron chi connectivity index (χ2n) is 5.97. The lowest BCUT2D eigenvalue weighted by molar-refractivity contribution is -0.139. The van der Waals surface area contributed by atoms with Crippen molar-refractivity contribution in [2.24, 2.45) is 0 Å². The van der Waals surface area contributed by atoms with Crippen LogP contribution in [0.2, 0.25) is 0 Å². The smallest absolute Gasteiger partial charge is 0.359 e. The fourth-order valence-electron chi connectivity index (χ4n) is 3.01. The number of carbonyl (C=O) groups excluding carboxylic acids is 1. The first kappa shape index (κ1) is 17.2. The first-order valence-electron chi connectivity index (χ1n) is 7.76. The van der Waals surface area contributed by atoms with Crippen molar-refractivity contribution >= 4 is 5.91 Å². The molecule has 3 heterocycles. The Morgan fingerprint density at radius 2 is 2.20 bits per heavy atom. The number of rotatable bonds is 3. The summed E-state index contributed by atoms with van der Waals surface area (Å²) in [4.78, 5) is 26.0. The van der Waals surface area contributed by atoms with Gasteiger partial charge in [0.1, 0.15) is 12.1 Å². The first-order chi connectivity index (χ1) is 11.8. The van der Waals surface area contributed by atoms with Crippen LogP contribution in [-0.4, -0.2) is 27.1 Å². The number of amides is 1. The van der Waals surface area contributed by atoms with Crippen LogP contribution >= 0.6 is 0 Å². The highest BCUT2D eigenvalue weighted by molar-refractivity contribution is 5.76. The summed E-state index contributed by atoms with van der Waals surface area (Å²) in [6, 6.07) is 3.24. The largest absolute Gasteiger partial charge is 0.421 e. The third-order valence-corrected chi connectivity index (χ3v) is 4.18. The monoisotopic (exact) mass is 355 g/mol. The zero-order valence-corrected chi connectivity index (χ0v) is 13.4. The van der Waals surface area contributed by atoms with E-state index in [1.54, 1.807) is 13.0 Å². The Kier molecular flexibility index (Phi) is 4.40. The zero-order chi connectivity index (χ0) is 18.2. The van der Waals surface area contributed by atoms with Gasteiger partial charge in [-0.05, 0) is 31.9 Å². The molecular formula is C16H16F3N3O3. The van der Waals surface area contributed by atoms with Crippen molar-refractivity contribution in [2.45, 2.75) is 38.5 Å². The van der Waals surface area contributed by atoms with E-state index in [1.807, 2.05) is 0 Å². The Balaban J connectivity index is 1.82. The number of pyridine rings is 1.